The van der Waals surface area contributed by atoms with E-state index in [2.05, 4.69) is 42.5 Å². The van der Waals surface area contributed by atoms with Gasteiger partial charge in [-0.2, -0.15) is 0 Å². The summed E-state index contributed by atoms with van der Waals surface area (Å²) in [5.41, 5.74) is 17.3. The van der Waals surface area contributed by atoms with Gasteiger partial charge in [0.05, 0.1) is 19.1 Å². The Morgan fingerprint density at radius 1 is 0.437 bits per heavy atom. The van der Waals surface area contributed by atoms with Crippen LogP contribution in [0, 0.1) is 17.8 Å². The number of carbonyl (C=O) groups is 11. The maximum Gasteiger partial charge on any atom is 0.326 e. The third-order valence-corrected chi connectivity index (χ3v) is 12.1. The SMILES string of the molecule is CCC(C)C(NC(=O)C(N)CCCCN)C(=O)NC(CCC(=O)O)C(=O)NC(C(=O)NC(CCCCN)C(=O)NC(C)C(=O)NC(CO)C(=O)NC(C(=O)NC(CC(=O)O)C(=O)O)C(C)CC)C(C)CC. The van der Waals surface area contributed by atoms with Gasteiger partial charge in [0, 0.05) is 6.42 Å². The van der Waals surface area contributed by atoms with E-state index in [0.717, 1.165) is 0 Å². The Balaban J connectivity index is 6.38. The normalized spacial score (nSPS) is 16.2. The second kappa shape index (κ2) is 34.4. The summed E-state index contributed by atoms with van der Waals surface area (Å²) in [5, 5.41) is 57.6. The molecular weight excluding hydrogens is 935 g/mol. The molecule has 12 atom stereocenters. The van der Waals surface area contributed by atoms with Crippen molar-refractivity contribution in [3.05, 3.63) is 0 Å². The van der Waals surface area contributed by atoms with Gasteiger partial charge in [-0.3, -0.25) is 47.9 Å². The number of aliphatic hydroxyl groups excluding tert-OH is 1. The summed E-state index contributed by atoms with van der Waals surface area (Å²) in [6.45, 7) is 10.9. The van der Waals surface area contributed by atoms with Crippen LogP contribution < -0.4 is 59.7 Å². The molecule has 406 valence electrons. The molecule has 0 rings (SSSR count). The van der Waals surface area contributed by atoms with Crippen LogP contribution in [-0.4, -0.2) is 160 Å². The first kappa shape index (κ1) is 65.0. The van der Waals surface area contributed by atoms with Gasteiger partial charge in [-0.15, -0.1) is 0 Å². The molecule has 8 amide bonds. The van der Waals surface area contributed by atoms with Crippen molar-refractivity contribution in [2.45, 2.75) is 180 Å². The van der Waals surface area contributed by atoms with Crippen molar-refractivity contribution >= 4 is 65.2 Å². The standard InChI is InChI=1S/C45H81N11O15/c1-8-23(4)34(54-38(63)27(48)15-11-13-19-46)42(67)51-29(17-18-32(58)59)40(65)55-35(24(5)9-2)43(68)50-28(16-12-14-20-47)39(64)49-26(7)37(62)53-31(22-57)41(66)56-36(25(6)10-3)44(69)52-30(45(70)71)21-33(60)61/h23-31,34-36,57H,8-22,46-48H2,1-7H3,(H,49,64)(H,50,68)(H,51,67)(H,52,69)(H,53,62)(H,54,63)(H,55,65)(H,56,66)(H,58,59)(H,60,61)(H,70,71). The van der Waals surface area contributed by atoms with E-state index in [0.29, 0.717) is 51.5 Å². The van der Waals surface area contributed by atoms with Gasteiger partial charge < -0.3 is 80.2 Å². The predicted molar refractivity (Wildman–Crippen MR) is 257 cm³/mol. The molecule has 0 aromatic rings. The first-order valence-corrected chi connectivity index (χ1v) is 24.2. The fourth-order valence-electron chi connectivity index (χ4n) is 6.84. The van der Waals surface area contributed by atoms with E-state index in [1.165, 1.54) is 6.92 Å². The Kier molecular flexibility index (Phi) is 31.5. The lowest BCUT2D eigenvalue weighted by atomic mass is 9.95. The van der Waals surface area contributed by atoms with Crippen LogP contribution >= 0.6 is 0 Å². The molecule has 26 heteroatoms. The van der Waals surface area contributed by atoms with E-state index in [1.807, 2.05) is 0 Å². The van der Waals surface area contributed by atoms with Gasteiger partial charge in [0.15, 0.2) is 0 Å². The van der Waals surface area contributed by atoms with Gasteiger partial charge >= 0.3 is 17.9 Å². The molecule has 0 aromatic heterocycles. The molecule has 0 aliphatic heterocycles. The van der Waals surface area contributed by atoms with Crippen molar-refractivity contribution in [3.8, 4) is 0 Å². The molecular formula is C45H81N11O15. The maximum absolute atomic E-state index is 14.1. The number of hydrogen-bond donors (Lipinski definition) is 15. The Hall–Kier alpha value is -5.99. The first-order chi connectivity index (χ1) is 33.3. The van der Waals surface area contributed by atoms with Crippen molar-refractivity contribution in [2.24, 2.45) is 35.0 Å². The van der Waals surface area contributed by atoms with Crippen LogP contribution in [0.3, 0.4) is 0 Å². The molecule has 12 unspecified atom stereocenters. The molecule has 0 spiro atoms. The Labute approximate surface area is 414 Å². The Bertz CT molecular complexity index is 1790. The predicted octanol–water partition coefficient (Wildman–Crippen LogP) is -2.98. The van der Waals surface area contributed by atoms with Gasteiger partial charge in [-0.25, -0.2) is 4.79 Å². The highest BCUT2D eigenvalue weighted by Crippen LogP contribution is 2.14. The van der Waals surface area contributed by atoms with Crippen LogP contribution in [0.2, 0.25) is 0 Å². The minimum absolute atomic E-state index is 0.00306. The summed E-state index contributed by atoms with van der Waals surface area (Å²) >= 11 is 0. The average Bonchev–Trinajstić information content (AvgIpc) is 3.32. The third kappa shape index (κ3) is 24.1. The van der Waals surface area contributed by atoms with Gasteiger partial charge in [0.2, 0.25) is 47.3 Å². The van der Waals surface area contributed by atoms with Crippen molar-refractivity contribution in [2.75, 3.05) is 19.7 Å². The summed E-state index contributed by atoms with van der Waals surface area (Å²) < 4.78 is 0. The van der Waals surface area contributed by atoms with Crippen molar-refractivity contribution in [3.63, 3.8) is 0 Å². The smallest absolute Gasteiger partial charge is 0.326 e. The van der Waals surface area contributed by atoms with Crippen LogP contribution in [-0.2, 0) is 52.7 Å². The van der Waals surface area contributed by atoms with Crippen molar-refractivity contribution < 1.29 is 73.2 Å². The summed E-state index contributed by atoms with van der Waals surface area (Å²) in [4.78, 5) is 143. The number of rotatable bonds is 37. The van der Waals surface area contributed by atoms with E-state index in [4.69, 9.17) is 22.3 Å². The molecule has 0 saturated heterocycles. The number of aliphatic hydroxyl groups is 1. The van der Waals surface area contributed by atoms with Crippen LogP contribution in [0.15, 0.2) is 0 Å². The molecule has 26 nitrogen and oxygen atoms in total. The molecule has 18 N–H and O–H groups in total. The maximum atomic E-state index is 14.1. The van der Waals surface area contributed by atoms with E-state index in [9.17, 15) is 68.1 Å². The van der Waals surface area contributed by atoms with Crippen LogP contribution in [0.25, 0.3) is 0 Å². The van der Waals surface area contributed by atoms with Gasteiger partial charge in [0.1, 0.15) is 48.3 Å². The number of carboxylic acid groups (broad SMARTS) is 3. The van der Waals surface area contributed by atoms with Gasteiger partial charge in [-0.05, 0) is 76.3 Å². The fraction of sp³-hybridized carbons (Fsp3) is 0.756. The zero-order valence-corrected chi connectivity index (χ0v) is 42.0. The minimum atomic E-state index is -1.83. The van der Waals surface area contributed by atoms with E-state index >= 15 is 0 Å². The lowest BCUT2D eigenvalue weighted by Gasteiger charge is -2.30. The highest BCUT2D eigenvalue weighted by atomic mass is 16.4. The largest absolute Gasteiger partial charge is 0.481 e. The molecule has 0 heterocycles. The quantitative estimate of drug-likeness (QED) is 0.0276. The molecule has 71 heavy (non-hydrogen) atoms. The second-order valence-corrected chi connectivity index (χ2v) is 17.8. The number of carbonyl (C=O) groups excluding carboxylic acids is 8. The third-order valence-electron chi connectivity index (χ3n) is 12.1. The molecule has 0 aromatic carbocycles. The summed E-state index contributed by atoms with van der Waals surface area (Å²) in [7, 11) is 0. The number of nitrogens with two attached hydrogens (primary N) is 3. The summed E-state index contributed by atoms with van der Waals surface area (Å²) in [6, 6.07) is -12.7. The molecule has 0 aliphatic carbocycles. The summed E-state index contributed by atoms with van der Waals surface area (Å²) in [6.07, 6.45) is 1.34. The topological polar surface area (TPSA) is 443 Å². The van der Waals surface area contributed by atoms with Crippen molar-refractivity contribution in [1.82, 2.24) is 42.5 Å². The lowest BCUT2D eigenvalue weighted by molar-refractivity contribution is -0.147. The lowest BCUT2D eigenvalue weighted by Crippen LogP contribution is -2.61. The monoisotopic (exact) mass is 1020 g/mol. The highest BCUT2D eigenvalue weighted by Gasteiger charge is 2.37. The molecule has 0 aliphatic rings. The minimum Gasteiger partial charge on any atom is -0.481 e. The number of unbranched alkanes of at least 4 members (excludes halogenated alkanes) is 2. The number of hydrogen-bond acceptors (Lipinski definition) is 15. The van der Waals surface area contributed by atoms with Crippen LogP contribution in [0.5, 0.6) is 0 Å². The Morgan fingerprint density at radius 3 is 1.21 bits per heavy atom. The van der Waals surface area contributed by atoms with E-state index in [1.54, 1.807) is 41.5 Å². The Morgan fingerprint density at radius 2 is 0.817 bits per heavy atom. The fourth-order valence-corrected chi connectivity index (χ4v) is 6.84. The van der Waals surface area contributed by atoms with Crippen LogP contribution in [0.1, 0.15) is 126 Å². The highest BCUT2D eigenvalue weighted by molar-refractivity contribution is 5.98. The van der Waals surface area contributed by atoms with Gasteiger partial charge in [0.25, 0.3) is 0 Å². The average molecular weight is 1020 g/mol. The van der Waals surface area contributed by atoms with Gasteiger partial charge in [-0.1, -0.05) is 67.2 Å². The molecule has 0 bridgehead atoms. The number of amides is 8. The number of carboxylic acids is 3. The number of aliphatic carboxylic acids is 3. The number of nitrogens with one attached hydrogen (secondary N) is 8. The zero-order valence-electron chi connectivity index (χ0n) is 42.0. The van der Waals surface area contributed by atoms with Crippen LogP contribution in [0.4, 0.5) is 0 Å². The second-order valence-electron chi connectivity index (χ2n) is 17.8. The van der Waals surface area contributed by atoms with Crippen molar-refractivity contribution in [1.29, 1.82) is 0 Å². The molecule has 0 fully saturated rings. The summed E-state index contributed by atoms with van der Waals surface area (Å²) in [5.74, 6) is -13.2. The first-order valence-electron chi connectivity index (χ1n) is 24.2. The van der Waals surface area contributed by atoms with E-state index in [-0.39, 0.29) is 19.4 Å². The zero-order chi connectivity index (χ0) is 54.5. The van der Waals surface area contributed by atoms with E-state index < -0.39 is 163 Å². The molecule has 0 radical (unpaired) electrons. The molecule has 0 saturated carbocycles.